The first kappa shape index (κ1) is 23.9. The van der Waals surface area contributed by atoms with Gasteiger partial charge in [0, 0.05) is 10.7 Å². The minimum absolute atomic E-state index is 0.161. The summed E-state index contributed by atoms with van der Waals surface area (Å²) in [5, 5.41) is 14.0. The minimum atomic E-state index is -2.78. The molecule has 2 atom stereocenters. The topological polar surface area (TPSA) is 42.4 Å². The molecule has 0 aliphatic heterocycles. The van der Waals surface area contributed by atoms with Crippen LogP contribution in [0.5, 0.6) is 0 Å². The molecule has 0 saturated heterocycles. The SMILES string of the molecule is CCC(O)(c1ccc(Br)cn1)[C@H](C)O[Si](c1ccccc1)(c1ccccc1)C(C)(C)C. The number of aromatic nitrogens is 1. The molecule has 1 aromatic heterocycles. The molecule has 5 heteroatoms. The van der Waals surface area contributed by atoms with Crippen molar-refractivity contribution in [1.82, 2.24) is 4.98 Å². The number of hydrogen-bond acceptors (Lipinski definition) is 3. The van der Waals surface area contributed by atoms with Crippen molar-refractivity contribution < 1.29 is 9.53 Å². The Morgan fingerprint density at radius 3 is 1.84 bits per heavy atom. The molecule has 0 amide bonds. The van der Waals surface area contributed by atoms with Crippen LogP contribution in [-0.2, 0) is 10.0 Å². The van der Waals surface area contributed by atoms with Crippen molar-refractivity contribution in [3.63, 3.8) is 0 Å². The third kappa shape index (κ3) is 4.56. The summed E-state index contributed by atoms with van der Waals surface area (Å²) >= 11 is 3.44. The Labute approximate surface area is 195 Å². The Hall–Kier alpha value is -1.79. The molecular weight excluding hydrogens is 466 g/mol. The number of hydrogen-bond donors (Lipinski definition) is 1. The lowest BCUT2D eigenvalue weighted by atomic mass is 9.90. The Morgan fingerprint density at radius 1 is 0.935 bits per heavy atom. The van der Waals surface area contributed by atoms with Crippen LogP contribution in [0.2, 0.25) is 5.04 Å². The zero-order chi connectivity index (χ0) is 22.7. The molecule has 3 aromatic rings. The molecule has 164 valence electrons. The highest BCUT2D eigenvalue weighted by Gasteiger charge is 2.53. The first-order chi connectivity index (χ1) is 14.6. The van der Waals surface area contributed by atoms with Crippen molar-refractivity contribution >= 4 is 34.6 Å². The first-order valence-electron chi connectivity index (χ1n) is 10.8. The molecule has 0 saturated carbocycles. The van der Waals surface area contributed by atoms with Crippen molar-refractivity contribution in [2.45, 2.75) is 57.8 Å². The van der Waals surface area contributed by atoms with E-state index in [-0.39, 0.29) is 5.04 Å². The third-order valence-electron chi connectivity index (χ3n) is 6.15. The van der Waals surface area contributed by atoms with Crippen LogP contribution in [0.1, 0.15) is 46.7 Å². The van der Waals surface area contributed by atoms with Crippen LogP contribution in [0.4, 0.5) is 0 Å². The summed E-state index contributed by atoms with van der Waals surface area (Å²) in [6, 6.07) is 24.8. The van der Waals surface area contributed by atoms with E-state index in [1.54, 1.807) is 6.20 Å². The van der Waals surface area contributed by atoms with Crippen LogP contribution >= 0.6 is 15.9 Å². The fourth-order valence-electron chi connectivity index (χ4n) is 4.36. The van der Waals surface area contributed by atoms with Crippen molar-refractivity contribution in [2.75, 3.05) is 0 Å². The quantitative estimate of drug-likeness (QED) is 0.443. The summed E-state index contributed by atoms with van der Waals surface area (Å²) in [5.74, 6) is 0. The maximum atomic E-state index is 11.8. The molecule has 0 aliphatic carbocycles. The molecule has 0 bridgehead atoms. The van der Waals surface area contributed by atoms with E-state index >= 15 is 0 Å². The first-order valence-corrected chi connectivity index (χ1v) is 13.5. The molecule has 31 heavy (non-hydrogen) atoms. The summed E-state index contributed by atoms with van der Waals surface area (Å²) < 4.78 is 8.04. The summed E-state index contributed by atoms with van der Waals surface area (Å²) in [7, 11) is -2.78. The highest BCUT2D eigenvalue weighted by Crippen LogP contribution is 2.40. The summed E-state index contributed by atoms with van der Waals surface area (Å²) in [4.78, 5) is 4.52. The third-order valence-corrected chi connectivity index (χ3v) is 11.7. The predicted molar refractivity (Wildman–Crippen MR) is 134 cm³/mol. The zero-order valence-corrected chi connectivity index (χ0v) is 21.6. The molecule has 2 aromatic carbocycles. The van der Waals surface area contributed by atoms with Crippen molar-refractivity contribution in [3.05, 3.63) is 89.2 Å². The summed E-state index contributed by atoms with van der Waals surface area (Å²) in [5.41, 5.74) is -0.572. The fraction of sp³-hybridized carbons (Fsp3) is 0.346. The smallest absolute Gasteiger partial charge is 0.261 e. The number of pyridine rings is 1. The van der Waals surface area contributed by atoms with E-state index in [9.17, 15) is 5.11 Å². The van der Waals surface area contributed by atoms with Crippen LogP contribution in [0.25, 0.3) is 0 Å². The highest BCUT2D eigenvalue weighted by atomic mass is 79.9. The van der Waals surface area contributed by atoms with Crippen LogP contribution in [0.15, 0.2) is 83.5 Å². The van der Waals surface area contributed by atoms with Gasteiger partial charge in [0.05, 0.1) is 11.8 Å². The molecule has 0 radical (unpaired) electrons. The molecule has 1 unspecified atom stereocenters. The van der Waals surface area contributed by atoms with E-state index in [1.165, 1.54) is 10.4 Å². The van der Waals surface area contributed by atoms with Gasteiger partial charge in [-0.3, -0.25) is 4.98 Å². The second-order valence-electron chi connectivity index (χ2n) is 9.06. The lowest BCUT2D eigenvalue weighted by Crippen LogP contribution is -2.68. The Kier molecular flexibility index (Phi) is 7.21. The van der Waals surface area contributed by atoms with Gasteiger partial charge in [-0.2, -0.15) is 0 Å². The number of aliphatic hydroxyl groups is 1. The average molecular weight is 499 g/mol. The standard InChI is InChI=1S/C26H32BrNO2Si/c1-6-26(29,24-18-17-21(27)19-28-24)20(2)30-31(25(3,4)5,22-13-9-7-10-14-22)23-15-11-8-12-16-23/h7-20,29H,6H2,1-5H3/t20-,26?/m0/s1. The van der Waals surface area contributed by atoms with Gasteiger partial charge in [0.1, 0.15) is 5.60 Å². The fourth-order valence-corrected chi connectivity index (χ4v) is 9.34. The van der Waals surface area contributed by atoms with Gasteiger partial charge in [-0.1, -0.05) is 88.4 Å². The predicted octanol–water partition coefficient (Wildman–Crippen LogP) is 5.41. The second kappa shape index (κ2) is 9.37. The van der Waals surface area contributed by atoms with Gasteiger partial charge < -0.3 is 9.53 Å². The molecule has 0 aliphatic rings. The van der Waals surface area contributed by atoms with Gasteiger partial charge in [-0.15, -0.1) is 0 Å². The normalized spacial score (nSPS) is 15.3. The van der Waals surface area contributed by atoms with E-state index in [0.717, 1.165) is 4.47 Å². The Bertz CT molecular complexity index is 934. The molecule has 0 spiro atoms. The summed E-state index contributed by atoms with van der Waals surface area (Å²) in [6.45, 7) is 10.7. The maximum Gasteiger partial charge on any atom is 0.261 e. The van der Waals surface area contributed by atoms with Gasteiger partial charge in [0.25, 0.3) is 8.32 Å². The molecule has 3 rings (SSSR count). The molecule has 1 heterocycles. The lowest BCUT2D eigenvalue weighted by molar-refractivity contribution is -0.0691. The van der Waals surface area contributed by atoms with Crippen LogP contribution in [0, 0.1) is 0 Å². The molecule has 3 nitrogen and oxygen atoms in total. The van der Waals surface area contributed by atoms with E-state index in [2.05, 4.69) is 90.2 Å². The monoisotopic (exact) mass is 497 g/mol. The van der Waals surface area contributed by atoms with Gasteiger partial charge in [-0.25, -0.2) is 0 Å². The largest absolute Gasteiger partial charge is 0.401 e. The number of benzene rings is 2. The van der Waals surface area contributed by atoms with Crippen LogP contribution < -0.4 is 10.4 Å². The average Bonchev–Trinajstić information content (AvgIpc) is 2.77. The van der Waals surface area contributed by atoms with Crippen LogP contribution in [-0.4, -0.2) is 24.5 Å². The van der Waals surface area contributed by atoms with Crippen molar-refractivity contribution in [2.24, 2.45) is 0 Å². The number of rotatable bonds is 7. The van der Waals surface area contributed by atoms with Gasteiger partial charge in [0.2, 0.25) is 0 Å². The molecule has 1 N–H and O–H groups in total. The highest BCUT2D eigenvalue weighted by molar-refractivity contribution is 9.10. The number of nitrogens with zero attached hydrogens (tertiary/aromatic N) is 1. The van der Waals surface area contributed by atoms with E-state index in [4.69, 9.17) is 4.43 Å². The minimum Gasteiger partial charge on any atom is -0.401 e. The van der Waals surface area contributed by atoms with E-state index in [0.29, 0.717) is 12.1 Å². The molecular formula is C26H32BrNO2Si. The van der Waals surface area contributed by atoms with E-state index in [1.807, 2.05) is 38.1 Å². The zero-order valence-electron chi connectivity index (χ0n) is 19.0. The van der Waals surface area contributed by atoms with E-state index < -0.39 is 20.0 Å². The van der Waals surface area contributed by atoms with Gasteiger partial charge in [0.15, 0.2) is 0 Å². The summed E-state index contributed by atoms with van der Waals surface area (Å²) in [6.07, 6.45) is 1.77. The number of halogens is 1. The Balaban J connectivity index is 2.17. The maximum absolute atomic E-state index is 11.8. The molecule has 0 fully saturated rings. The van der Waals surface area contributed by atoms with Gasteiger partial charge in [-0.05, 0) is 56.8 Å². The van der Waals surface area contributed by atoms with Crippen LogP contribution in [0.3, 0.4) is 0 Å². The van der Waals surface area contributed by atoms with Crippen molar-refractivity contribution in [3.8, 4) is 0 Å². The lowest BCUT2D eigenvalue weighted by Gasteiger charge is -2.47. The Morgan fingerprint density at radius 2 is 1.45 bits per heavy atom. The van der Waals surface area contributed by atoms with Gasteiger partial charge >= 0.3 is 0 Å². The second-order valence-corrected chi connectivity index (χ2v) is 14.2. The van der Waals surface area contributed by atoms with Crippen molar-refractivity contribution in [1.29, 1.82) is 0 Å².